The van der Waals surface area contributed by atoms with Crippen LogP contribution in [-0.4, -0.2) is 29.9 Å². The van der Waals surface area contributed by atoms with E-state index in [1.165, 1.54) is 0 Å². The van der Waals surface area contributed by atoms with Gasteiger partial charge in [0.25, 0.3) is 5.91 Å². The van der Waals surface area contributed by atoms with Crippen LogP contribution in [0.5, 0.6) is 0 Å². The Morgan fingerprint density at radius 1 is 1.07 bits per heavy atom. The number of fused-ring (bicyclic) bond motifs is 1. The monoisotopic (exact) mass is 382 g/mol. The number of hydrogen-bond acceptors (Lipinski definition) is 3. The van der Waals surface area contributed by atoms with Gasteiger partial charge >= 0.3 is 0 Å². The first-order valence-electron chi connectivity index (χ1n) is 8.80. The van der Waals surface area contributed by atoms with Crippen LogP contribution in [0.3, 0.4) is 0 Å². The smallest absolute Gasteiger partial charge is 0.272 e. The number of nitrogens with one attached hydrogen (secondary N) is 2. The molecule has 1 aliphatic heterocycles. The van der Waals surface area contributed by atoms with Crippen LogP contribution in [0.4, 0.5) is 11.4 Å². The maximum atomic E-state index is 12.8. The van der Waals surface area contributed by atoms with Crippen molar-refractivity contribution in [1.82, 2.24) is 4.98 Å². The first-order valence-corrected chi connectivity index (χ1v) is 9.17. The summed E-state index contributed by atoms with van der Waals surface area (Å²) in [5.74, 6) is -0.817. The van der Waals surface area contributed by atoms with E-state index in [-0.39, 0.29) is 5.91 Å². The van der Waals surface area contributed by atoms with Gasteiger partial charge in [0.2, 0.25) is 5.91 Å². The molecule has 1 aromatic heterocycles. The minimum atomic E-state index is -0.529. The molecule has 1 saturated heterocycles. The number of hydrogen-bond donors (Lipinski definition) is 3. The Labute approximate surface area is 161 Å². The number of amides is 2. The molecular formula is C20H19ClN4O2. The van der Waals surface area contributed by atoms with Gasteiger partial charge in [0, 0.05) is 34.6 Å². The van der Waals surface area contributed by atoms with Gasteiger partial charge in [0.1, 0.15) is 5.69 Å². The predicted molar refractivity (Wildman–Crippen MR) is 108 cm³/mol. The van der Waals surface area contributed by atoms with E-state index in [4.69, 9.17) is 17.3 Å². The van der Waals surface area contributed by atoms with Crippen LogP contribution < -0.4 is 16.0 Å². The lowest BCUT2D eigenvalue weighted by atomic mass is 10.1. The van der Waals surface area contributed by atoms with Crippen LogP contribution in [0.15, 0.2) is 42.5 Å². The number of nitrogens with zero attached hydrogens (tertiary/aromatic N) is 1. The number of primary amides is 1. The highest BCUT2D eigenvalue weighted by molar-refractivity contribution is 6.31. The molecule has 0 aliphatic carbocycles. The molecule has 0 saturated carbocycles. The molecule has 3 aromatic rings. The minimum Gasteiger partial charge on any atom is -0.370 e. The van der Waals surface area contributed by atoms with Crippen LogP contribution in [0, 0.1) is 0 Å². The van der Waals surface area contributed by atoms with E-state index in [2.05, 4.69) is 15.2 Å². The molecule has 0 bridgehead atoms. The molecule has 1 aliphatic rings. The average molecular weight is 383 g/mol. The van der Waals surface area contributed by atoms with E-state index in [1.807, 2.05) is 12.1 Å². The Morgan fingerprint density at radius 3 is 2.59 bits per heavy atom. The number of halogens is 1. The molecule has 2 heterocycles. The SMILES string of the molecule is NC(=O)c1ccc(N2CCCC2)c(NC(=O)c2cc3cc(Cl)ccc3[nH]2)c1. The second kappa shape index (κ2) is 6.96. The third kappa shape index (κ3) is 3.48. The summed E-state index contributed by atoms with van der Waals surface area (Å²) in [5, 5.41) is 4.39. The zero-order valence-corrected chi connectivity index (χ0v) is 15.3. The molecule has 6 nitrogen and oxygen atoms in total. The molecule has 0 unspecified atom stereocenters. The van der Waals surface area contributed by atoms with Gasteiger partial charge in [-0.05, 0) is 55.3 Å². The van der Waals surface area contributed by atoms with Crippen LogP contribution in [0.1, 0.15) is 33.7 Å². The van der Waals surface area contributed by atoms with Crippen molar-refractivity contribution in [1.29, 1.82) is 0 Å². The van der Waals surface area contributed by atoms with Gasteiger partial charge < -0.3 is 20.9 Å². The Morgan fingerprint density at radius 2 is 1.85 bits per heavy atom. The number of aromatic nitrogens is 1. The second-order valence-electron chi connectivity index (χ2n) is 6.66. The highest BCUT2D eigenvalue weighted by Crippen LogP contribution is 2.31. The number of nitrogens with two attached hydrogens (primary N) is 1. The summed E-state index contributed by atoms with van der Waals surface area (Å²) in [5.41, 5.74) is 8.49. The summed E-state index contributed by atoms with van der Waals surface area (Å²) in [7, 11) is 0. The van der Waals surface area contributed by atoms with E-state index >= 15 is 0 Å². The first kappa shape index (κ1) is 17.4. The molecule has 138 valence electrons. The molecule has 2 amide bonds. The third-order valence-corrected chi connectivity index (χ3v) is 5.04. The lowest BCUT2D eigenvalue weighted by Gasteiger charge is -2.22. The normalized spacial score (nSPS) is 13.9. The van der Waals surface area contributed by atoms with Gasteiger partial charge in [0.05, 0.1) is 11.4 Å². The van der Waals surface area contributed by atoms with E-state index in [1.54, 1.807) is 30.3 Å². The highest BCUT2D eigenvalue weighted by atomic mass is 35.5. The fourth-order valence-electron chi connectivity index (χ4n) is 3.44. The maximum absolute atomic E-state index is 12.8. The van der Waals surface area contributed by atoms with Crippen molar-refractivity contribution in [2.45, 2.75) is 12.8 Å². The Hall–Kier alpha value is -2.99. The topological polar surface area (TPSA) is 91.2 Å². The van der Waals surface area contributed by atoms with Crippen LogP contribution >= 0.6 is 11.6 Å². The molecule has 27 heavy (non-hydrogen) atoms. The molecule has 4 rings (SSSR count). The van der Waals surface area contributed by atoms with Crippen molar-refractivity contribution in [3.05, 3.63) is 58.7 Å². The van der Waals surface area contributed by atoms with Crippen molar-refractivity contribution in [3.8, 4) is 0 Å². The quantitative estimate of drug-likeness (QED) is 0.641. The number of rotatable bonds is 4. The lowest BCUT2D eigenvalue weighted by molar-refractivity contribution is 0.0995. The number of carbonyl (C=O) groups is 2. The van der Waals surface area contributed by atoms with E-state index in [9.17, 15) is 9.59 Å². The van der Waals surface area contributed by atoms with Gasteiger partial charge in [-0.1, -0.05) is 11.6 Å². The number of anilines is 2. The minimum absolute atomic E-state index is 0.288. The zero-order valence-electron chi connectivity index (χ0n) is 14.6. The first-order chi connectivity index (χ1) is 13.0. The molecule has 1 fully saturated rings. The van der Waals surface area contributed by atoms with Crippen molar-refractivity contribution in [2.24, 2.45) is 5.73 Å². The summed E-state index contributed by atoms with van der Waals surface area (Å²) < 4.78 is 0. The van der Waals surface area contributed by atoms with Gasteiger partial charge in [-0.3, -0.25) is 9.59 Å². The van der Waals surface area contributed by atoms with Crippen LogP contribution in [0.25, 0.3) is 10.9 Å². The molecule has 4 N–H and O–H groups in total. The largest absolute Gasteiger partial charge is 0.370 e. The molecule has 2 aromatic carbocycles. The summed E-state index contributed by atoms with van der Waals surface area (Å²) in [6.07, 6.45) is 2.21. The lowest BCUT2D eigenvalue weighted by Crippen LogP contribution is -2.22. The maximum Gasteiger partial charge on any atom is 0.272 e. The average Bonchev–Trinajstić information content (AvgIpc) is 3.30. The Balaban J connectivity index is 1.67. The van der Waals surface area contributed by atoms with Gasteiger partial charge in [-0.2, -0.15) is 0 Å². The van der Waals surface area contributed by atoms with Crippen LogP contribution in [-0.2, 0) is 0 Å². The fraction of sp³-hybridized carbons (Fsp3) is 0.200. The summed E-state index contributed by atoms with van der Waals surface area (Å²) >= 11 is 6.01. The summed E-state index contributed by atoms with van der Waals surface area (Å²) in [4.78, 5) is 29.7. The molecular weight excluding hydrogens is 364 g/mol. The molecule has 0 radical (unpaired) electrons. The number of benzene rings is 2. The Bertz CT molecular complexity index is 1040. The summed E-state index contributed by atoms with van der Waals surface area (Å²) in [6.45, 7) is 1.84. The predicted octanol–water partition coefficient (Wildman–Crippen LogP) is 3.77. The van der Waals surface area contributed by atoms with E-state index in [0.29, 0.717) is 22.0 Å². The van der Waals surface area contributed by atoms with Crippen LogP contribution in [0.2, 0.25) is 5.02 Å². The Kier molecular flexibility index (Phi) is 4.49. The number of aromatic amines is 1. The number of carbonyl (C=O) groups excluding carboxylic acids is 2. The van der Waals surface area contributed by atoms with Gasteiger partial charge in [0.15, 0.2) is 0 Å². The standard InChI is InChI=1S/C20H19ClN4O2/c21-14-4-5-15-13(9-14)11-17(23-15)20(27)24-16-10-12(19(22)26)3-6-18(16)25-7-1-2-8-25/h3-6,9-11,23H,1-2,7-8H2,(H2,22,26)(H,24,27). The van der Waals surface area contributed by atoms with Crippen molar-refractivity contribution in [3.63, 3.8) is 0 Å². The van der Waals surface area contributed by atoms with Crippen molar-refractivity contribution in [2.75, 3.05) is 23.3 Å². The van der Waals surface area contributed by atoms with Gasteiger partial charge in [-0.25, -0.2) is 0 Å². The number of H-pyrrole nitrogens is 1. The zero-order chi connectivity index (χ0) is 19.0. The molecule has 0 spiro atoms. The van der Waals surface area contributed by atoms with Crippen molar-refractivity contribution < 1.29 is 9.59 Å². The highest BCUT2D eigenvalue weighted by Gasteiger charge is 2.19. The fourth-order valence-corrected chi connectivity index (χ4v) is 3.62. The van der Waals surface area contributed by atoms with E-state index in [0.717, 1.165) is 42.5 Å². The van der Waals surface area contributed by atoms with Crippen molar-refractivity contribution >= 4 is 45.7 Å². The van der Waals surface area contributed by atoms with Gasteiger partial charge in [-0.15, -0.1) is 0 Å². The molecule has 0 atom stereocenters. The molecule has 7 heteroatoms. The van der Waals surface area contributed by atoms with E-state index < -0.39 is 5.91 Å². The summed E-state index contributed by atoms with van der Waals surface area (Å²) in [6, 6.07) is 12.3. The third-order valence-electron chi connectivity index (χ3n) is 4.80. The second-order valence-corrected chi connectivity index (χ2v) is 7.10.